The SMILES string of the molecule is CCc1cc(CCCO)c(OC)cc1OC. The van der Waals surface area contributed by atoms with Gasteiger partial charge in [0.05, 0.1) is 14.2 Å². The molecule has 0 amide bonds. The van der Waals surface area contributed by atoms with Crippen LogP contribution in [0.15, 0.2) is 12.1 Å². The summed E-state index contributed by atoms with van der Waals surface area (Å²) in [7, 11) is 3.32. The lowest BCUT2D eigenvalue weighted by molar-refractivity contribution is 0.287. The lowest BCUT2D eigenvalue weighted by Crippen LogP contribution is -1.99. The predicted octanol–water partition coefficient (Wildman–Crippen LogP) is 2.19. The molecular formula is C13H20O3. The summed E-state index contributed by atoms with van der Waals surface area (Å²) in [6.45, 7) is 2.30. The Labute approximate surface area is 97.0 Å². The summed E-state index contributed by atoms with van der Waals surface area (Å²) < 4.78 is 10.6. The summed E-state index contributed by atoms with van der Waals surface area (Å²) >= 11 is 0. The maximum Gasteiger partial charge on any atom is 0.125 e. The van der Waals surface area contributed by atoms with Gasteiger partial charge in [0.1, 0.15) is 11.5 Å². The van der Waals surface area contributed by atoms with Crippen LogP contribution in [0.3, 0.4) is 0 Å². The maximum atomic E-state index is 8.85. The Balaban J connectivity index is 3.05. The van der Waals surface area contributed by atoms with Crippen molar-refractivity contribution in [2.24, 2.45) is 0 Å². The van der Waals surface area contributed by atoms with Crippen molar-refractivity contribution >= 4 is 0 Å². The Morgan fingerprint density at radius 3 is 2.19 bits per heavy atom. The highest BCUT2D eigenvalue weighted by Gasteiger charge is 2.09. The van der Waals surface area contributed by atoms with Gasteiger partial charge in [-0.3, -0.25) is 0 Å². The van der Waals surface area contributed by atoms with E-state index >= 15 is 0 Å². The molecule has 3 heteroatoms. The maximum absolute atomic E-state index is 8.85. The molecule has 0 saturated carbocycles. The van der Waals surface area contributed by atoms with Gasteiger partial charge >= 0.3 is 0 Å². The second-order valence-electron chi connectivity index (χ2n) is 3.66. The Morgan fingerprint density at radius 1 is 1.06 bits per heavy atom. The summed E-state index contributed by atoms with van der Waals surface area (Å²) in [4.78, 5) is 0. The number of rotatable bonds is 6. The van der Waals surface area contributed by atoms with Crippen molar-refractivity contribution < 1.29 is 14.6 Å². The van der Waals surface area contributed by atoms with Crippen molar-refractivity contribution in [3.05, 3.63) is 23.3 Å². The van der Waals surface area contributed by atoms with Gasteiger partial charge in [-0.05, 0) is 36.5 Å². The molecule has 1 rings (SSSR count). The van der Waals surface area contributed by atoms with E-state index in [-0.39, 0.29) is 6.61 Å². The molecule has 0 atom stereocenters. The van der Waals surface area contributed by atoms with Gasteiger partial charge < -0.3 is 14.6 Å². The highest BCUT2D eigenvalue weighted by atomic mass is 16.5. The van der Waals surface area contributed by atoms with Gasteiger partial charge in [-0.15, -0.1) is 0 Å². The molecule has 0 aliphatic heterocycles. The van der Waals surface area contributed by atoms with E-state index in [1.54, 1.807) is 14.2 Å². The van der Waals surface area contributed by atoms with Crippen LogP contribution in [0.4, 0.5) is 0 Å². The standard InChI is InChI=1S/C13H20O3/c1-4-10-8-11(6-5-7-14)13(16-3)9-12(10)15-2/h8-9,14H,4-7H2,1-3H3. The van der Waals surface area contributed by atoms with Crippen molar-refractivity contribution in [3.8, 4) is 11.5 Å². The van der Waals surface area contributed by atoms with E-state index in [1.807, 2.05) is 6.07 Å². The van der Waals surface area contributed by atoms with E-state index in [9.17, 15) is 0 Å². The van der Waals surface area contributed by atoms with Gasteiger partial charge in [0.15, 0.2) is 0 Å². The molecule has 0 fully saturated rings. The fourth-order valence-corrected chi connectivity index (χ4v) is 1.78. The van der Waals surface area contributed by atoms with E-state index in [4.69, 9.17) is 14.6 Å². The highest BCUT2D eigenvalue weighted by molar-refractivity contribution is 5.46. The molecule has 0 unspecified atom stereocenters. The third-order valence-corrected chi connectivity index (χ3v) is 2.67. The molecule has 0 aliphatic rings. The molecule has 0 saturated heterocycles. The Bertz CT molecular complexity index is 334. The molecule has 0 radical (unpaired) electrons. The van der Waals surface area contributed by atoms with Crippen LogP contribution < -0.4 is 9.47 Å². The minimum absolute atomic E-state index is 0.205. The van der Waals surface area contributed by atoms with E-state index < -0.39 is 0 Å². The average molecular weight is 224 g/mol. The molecule has 90 valence electrons. The van der Waals surface area contributed by atoms with Crippen LogP contribution in [0.2, 0.25) is 0 Å². The van der Waals surface area contributed by atoms with Crippen molar-refractivity contribution in [1.29, 1.82) is 0 Å². The summed E-state index contributed by atoms with van der Waals surface area (Å²) in [5, 5.41) is 8.85. The molecule has 0 spiro atoms. The van der Waals surface area contributed by atoms with Crippen LogP contribution in [0.25, 0.3) is 0 Å². The Kier molecular flexibility index (Phi) is 5.12. The van der Waals surface area contributed by atoms with E-state index in [1.165, 1.54) is 5.56 Å². The first-order chi connectivity index (χ1) is 7.76. The third-order valence-electron chi connectivity index (χ3n) is 2.67. The quantitative estimate of drug-likeness (QED) is 0.805. The molecule has 0 aromatic heterocycles. The molecule has 0 aliphatic carbocycles. The van der Waals surface area contributed by atoms with Crippen LogP contribution in [0.5, 0.6) is 11.5 Å². The van der Waals surface area contributed by atoms with E-state index in [2.05, 4.69) is 13.0 Å². The zero-order valence-electron chi connectivity index (χ0n) is 10.2. The molecule has 1 aromatic rings. The highest BCUT2D eigenvalue weighted by Crippen LogP contribution is 2.30. The number of hydrogen-bond donors (Lipinski definition) is 1. The number of aliphatic hydroxyl groups is 1. The Morgan fingerprint density at radius 2 is 1.69 bits per heavy atom. The van der Waals surface area contributed by atoms with Gasteiger partial charge in [0.2, 0.25) is 0 Å². The smallest absolute Gasteiger partial charge is 0.125 e. The van der Waals surface area contributed by atoms with Gasteiger partial charge in [-0.1, -0.05) is 6.92 Å². The van der Waals surface area contributed by atoms with Crippen molar-refractivity contribution in [2.75, 3.05) is 20.8 Å². The molecule has 3 nitrogen and oxygen atoms in total. The van der Waals surface area contributed by atoms with Crippen LogP contribution in [-0.4, -0.2) is 25.9 Å². The fourth-order valence-electron chi connectivity index (χ4n) is 1.78. The number of hydrogen-bond acceptors (Lipinski definition) is 3. The van der Waals surface area contributed by atoms with Crippen LogP contribution >= 0.6 is 0 Å². The number of benzene rings is 1. The fraction of sp³-hybridized carbons (Fsp3) is 0.538. The van der Waals surface area contributed by atoms with E-state index in [0.717, 1.165) is 36.3 Å². The first-order valence-corrected chi connectivity index (χ1v) is 5.61. The van der Waals surface area contributed by atoms with Gasteiger partial charge in [-0.2, -0.15) is 0 Å². The van der Waals surface area contributed by atoms with E-state index in [0.29, 0.717) is 0 Å². The minimum atomic E-state index is 0.205. The summed E-state index contributed by atoms with van der Waals surface area (Å²) in [5.74, 6) is 1.70. The zero-order valence-corrected chi connectivity index (χ0v) is 10.2. The summed E-state index contributed by atoms with van der Waals surface area (Å²) in [6, 6.07) is 4.03. The molecule has 0 bridgehead atoms. The van der Waals surface area contributed by atoms with Gasteiger partial charge in [-0.25, -0.2) is 0 Å². The van der Waals surface area contributed by atoms with Gasteiger partial charge in [0.25, 0.3) is 0 Å². The lowest BCUT2D eigenvalue weighted by Gasteiger charge is -2.13. The average Bonchev–Trinajstić information content (AvgIpc) is 2.35. The second-order valence-corrected chi connectivity index (χ2v) is 3.66. The largest absolute Gasteiger partial charge is 0.496 e. The second kappa shape index (κ2) is 6.38. The lowest BCUT2D eigenvalue weighted by atomic mass is 10.0. The van der Waals surface area contributed by atoms with Crippen molar-refractivity contribution in [3.63, 3.8) is 0 Å². The minimum Gasteiger partial charge on any atom is -0.496 e. The molecule has 1 N–H and O–H groups in total. The van der Waals surface area contributed by atoms with Crippen molar-refractivity contribution in [2.45, 2.75) is 26.2 Å². The van der Waals surface area contributed by atoms with Crippen LogP contribution in [-0.2, 0) is 12.8 Å². The van der Waals surface area contributed by atoms with Gasteiger partial charge in [0, 0.05) is 12.7 Å². The predicted molar refractivity (Wildman–Crippen MR) is 64.3 cm³/mol. The zero-order chi connectivity index (χ0) is 12.0. The number of aliphatic hydroxyl groups excluding tert-OH is 1. The van der Waals surface area contributed by atoms with Crippen LogP contribution in [0.1, 0.15) is 24.5 Å². The molecule has 1 aromatic carbocycles. The third kappa shape index (κ3) is 2.89. The number of ether oxygens (including phenoxy) is 2. The normalized spacial score (nSPS) is 10.2. The molecule has 0 heterocycles. The van der Waals surface area contributed by atoms with Crippen LogP contribution in [0, 0.1) is 0 Å². The summed E-state index contributed by atoms with van der Waals surface area (Å²) in [5.41, 5.74) is 2.31. The molecular weight excluding hydrogens is 204 g/mol. The Hall–Kier alpha value is -1.22. The summed E-state index contributed by atoms with van der Waals surface area (Å²) in [6.07, 6.45) is 2.52. The monoisotopic (exact) mass is 224 g/mol. The molecule has 16 heavy (non-hydrogen) atoms. The number of aryl methyl sites for hydroxylation is 2. The number of methoxy groups -OCH3 is 2. The first kappa shape index (κ1) is 12.8. The topological polar surface area (TPSA) is 38.7 Å². The van der Waals surface area contributed by atoms with Crippen molar-refractivity contribution in [1.82, 2.24) is 0 Å². The first-order valence-electron chi connectivity index (χ1n) is 5.61.